The van der Waals surface area contributed by atoms with E-state index < -0.39 is 10.1 Å². The Morgan fingerprint density at radius 1 is 1.23 bits per heavy atom. The topological polar surface area (TPSA) is 81.8 Å². The highest BCUT2D eigenvalue weighted by molar-refractivity contribution is 7.87. The Kier molecular flexibility index (Phi) is 5.05. The molecule has 0 fully saturated rings. The second-order valence-corrected chi connectivity index (χ2v) is 6.35. The Balaban J connectivity index is 2.38. The van der Waals surface area contributed by atoms with Gasteiger partial charge >= 0.3 is 10.1 Å². The standard InChI is InChI=1S/C15H15ClN2O3S/c1-11-7-8-13(9-14(11)18-15(17)10-16)22(19,20)21-12-5-3-2-4-6-12/h2-9H,10H2,1H3,(H2,17,18). The van der Waals surface area contributed by atoms with Gasteiger partial charge in [0.1, 0.15) is 16.5 Å². The van der Waals surface area contributed by atoms with Crippen LogP contribution in [0.25, 0.3) is 0 Å². The molecule has 0 aromatic heterocycles. The number of rotatable bonds is 5. The Morgan fingerprint density at radius 2 is 1.91 bits per heavy atom. The molecule has 7 heteroatoms. The predicted molar refractivity (Wildman–Crippen MR) is 87.4 cm³/mol. The maximum atomic E-state index is 12.3. The number of alkyl halides is 1. The zero-order valence-corrected chi connectivity index (χ0v) is 13.4. The van der Waals surface area contributed by atoms with E-state index in [2.05, 4.69) is 4.99 Å². The predicted octanol–water partition coefficient (Wildman–Crippen LogP) is 2.99. The lowest BCUT2D eigenvalue weighted by molar-refractivity contribution is 0.486. The number of nitrogens with zero attached hydrogens (tertiary/aromatic N) is 1. The summed E-state index contributed by atoms with van der Waals surface area (Å²) in [6, 6.07) is 12.8. The molecule has 2 aromatic rings. The average Bonchev–Trinajstić information content (AvgIpc) is 2.49. The number of hydrogen-bond acceptors (Lipinski definition) is 4. The molecule has 0 aliphatic carbocycles. The van der Waals surface area contributed by atoms with Gasteiger partial charge in [0.2, 0.25) is 0 Å². The first kappa shape index (κ1) is 16.3. The summed E-state index contributed by atoms with van der Waals surface area (Å²) in [5, 5.41) is 0. The van der Waals surface area contributed by atoms with Gasteiger partial charge in [-0.1, -0.05) is 24.3 Å². The Bertz CT molecular complexity index is 790. The van der Waals surface area contributed by atoms with Crippen LogP contribution in [0.5, 0.6) is 5.75 Å². The Hall–Kier alpha value is -2.05. The van der Waals surface area contributed by atoms with Crippen LogP contribution < -0.4 is 9.92 Å². The summed E-state index contributed by atoms with van der Waals surface area (Å²) in [5.41, 5.74) is 6.82. The van der Waals surface area contributed by atoms with Crippen molar-refractivity contribution in [3.63, 3.8) is 0 Å². The van der Waals surface area contributed by atoms with Gasteiger partial charge in [-0.3, -0.25) is 0 Å². The molecule has 0 heterocycles. The third-order valence-electron chi connectivity index (χ3n) is 2.82. The number of para-hydroxylation sites is 1. The lowest BCUT2D eigenvalue weighted by Gasteiger charge is -2.09. The van der Waals surface area contributed by atoms with Crippen molar-refractivity contribution in [2.75, 3.05) is 5.88 Å². The molecule has 0 aliphatic heterocycles. The van der Waals surface area contributed by atoms with E-state index in [1.165, 1.54) is 12.1 Å². The first-order valence-corrected chi connectivity index (χ1v) is 8.36. The van der Waals surface area contributed by atoms with Gasteiger partial charge in [-0.25, -0.2) is 4.99 Å². The molecular formula is C15H15ClN2O3S. The third kappa shape index (κ3) is 3.99. The third-order valence-corrected chi connectivity index (χ3v) is 4.34. The first-order chi connectivity index (χ1) is 10.4. The van der Waals surface area contributed by atoms with E-state index in [1.54, 1.807) is 43.3 Å². The highest BCUT2D eigenvalue weighted by Crippen LogP contribution is 2.25. The molecule has 2 aromatic carbocycles. The summed E-state index contributed by atoms with van der Waals surface area (Å²) in [7, 11) is -3.94. The Labute approximate surface area is 134 Å². The fraction of sp³-hybridized carbons (Fsp3) is 0.133. The number of amidine groups is 1. The van der Waals surface area contributed by atoms with Crippen LogP contribution in [0.3, 0.4) is 0 Å². The second kappa shape index (κ2) is 6.81. The van der Waals surface area contributed by atoms with Crippen LogP contribution in [0, 0.1) is 6.92 Å². The SMILES string of the molecule is Cc1ccc(S(=O)(=O)Oc2ccccc2)cc1N=C(N)CCl. The van der Waals surface area contributed by atoms with E-state index in [4.69, 9.17) is 21.5 Å². The maximum absolute atomic E-state index is 12.3. The van der Waals surface area contributed by atoms with Gasteiger partial charge in [-0.05, 0) is 36.8 Å². The van der Waals surface area contributed by atoms with Gasteiger partial charge in [0.25, 0.3) is 0 Å². The zero-order valence-electron chi connectivity index (χ0n) is 11.9. The molecule has 0 atom stereocenters. The first-order valence-electron chi connectivity index (χ1n) is 6.41. The highest BCUT2D eigenvalue weighted by atomic mass is 35.5. The van der Waals surface area contributed by atoms with Crippen molar-refractivity contribution in [3.05, 3.63) is 54.1 Å². The fourth-order valence-corrected chi connectivity index (χ4v) is 2.71. The molecule has 0 unspecified atom stereocenters. The van der Waals surface area contributed by atoms with E-state index in [1.807, 2.05) is 0 Å². The quantitative estimate of drug-likeness (QED) is 0.393. The molecule has 2 N–H and O–H groups in total. The number of aryl methyl sites for hydroxylation is 1. The molecule has 0 saturated carbocycles. The lowest BCUT2D eigenvalue weighted by atomic mass is 10.2. The normalized spacial score (nSPS) is 12.2. The van der Waals surface area contributed by atoms with Gasteiger partial charge in [0, 0.05) is 0 Å². The van der Waals surface area contributed by atoms with Crippen LogP contribution in [0.15, 0.2) is 58.4 Å². The van der Waals surface area contributed by atoms with Gasteiger partial charge in [-0.15, -0.1) is 11.6 Å². The molecule has 0 radical (unpaired) electrons. The molecule has 2 rings (SSSR count). The van der Waals surface area contributed by atoms with E-state index >= 15 is 0 Å². The molecule has 22 heavy (non-hydrogen) atoms. The summed E-state index contributed by atoms with van der Waals surface area (Å²) in [4.78, 5) is 4.10. The van der Waals surface area contributed by atoms with Gasteiger partial charge in [-0.2, -0.15) is 8.42 Å². The molecule has 0 aliphatic rings. The van der Waals surface area contributed by atoms with Crippen LogP contribution in [-0.4, -0.2) is 20.1 Å². The van der Waals surface area contributed by atoms with Crippen molar-refractivity contribution in [1.29, 1.82) is 0 Å². The molecule has 0 bridgehead atoms. The van der Waals surface area contributed by atoms with Gasteiger partial charge in [0.05, 0.1) is 11.6 Å². The van der Waals surface area contributed by atoms with Gasteiger partial charge < -0.3 is 9.92 Å². The summed E-state index contributed by atoms with van der Waals surface area (Å²) >= 11 is 5.59. The molecule has 5 nitrogen and oxygen atoms in total. The molecular weight excluding hydrogens is 324 g/mol. The van der Waals surface area contributed by atoms with Crippen LogP contribution in [-0.2, 0) is 10.1 Å². The largest absolute Gasteiger partial charge is 0.386 e. The number of nitrogens with two attached hydrogens (primary N) is 1. The number of hydrogen-bond donors (Lipinski definition) is 1. The van der Waals surface area contributed by atoms with Crippen molar-refractivity contribution >= 4 is 33.2 Å². The minimum absolute atomic E-state index is 0.00285. The zero-order chi connectivity index (χ0) is 16.2. The van der Waals surface area contributed by atoms with Crippen LogP contribution in [0.4, 0.5) is 5.69 Å². The fourth-order valence-electron chi connectivity index (χ4n) is 1.70. The van der Waals surface area contributed by atoms with Crippen molar-refractivity contribution in [2.45, 2.75) is 11.8 Å². The molecule has 0 amide bonds. The van der Waals surface area contributed by atoms with Crippen LogP contribution >= 0.6 is 11.6 Å². The van der Waals surface area contributed by atoms with Gasteiger partial charge in [0.15, 0.2) is 0 Å². The summed E-state index contributed by atoms with van der Waals surface area (Å²) in [6.07, 6.45) is 0. The molecule has 116 valence electrons. The van der Waals surface area contributed by atoms with E-state index in [9.17, 15) is 8.42 Å². The maximum Gasteiger partial charge on any atom is 0.339 e. The lowest BCUT2D eigenvalue weighted by Crippen LogP contribution is -2.13. The van der Waals surface area contributed by atoms with E-state index in [0.717, 1.165) is 5.56 Å². The van der Waals surface area contributed by atoms with Crippen LogP contribution in [0.2, 0.25) is 0 Å². The van der Waals surface area contributed by atoms with Crippen molar-refractivity contribution in [2.24, 2.45) is 10.7 Å². The van der Waals surface area contributed by atoms with E-state index in [-0.39, 0.29) is 22.4 Å². The average molecular weight is 339 g/mol. The molecule has 0 spiro atoms. The number of benzene rings is 2. The smallest absolute Gasteiger partial charge is 0.339 e. The summed E-state index contributed by atoms with van der Waals surface area (Å²) < 4.78 is 29.7. The summed E-state index contributed by atoms with van der Waals surface area (Å²) in [6.45, 7) is 1.80. The van der Waals surface area contributed by atoms with Crippen LogP contribution in [0.1, 0.15) is 5.56 Å². The van der Waals surface area contributed by atoms with E-state index in [0.29, 0.717) is 5.69 Å². The minimum atomic E-state index is -3.94. The summed E-state index contributed by atoms with van der Waals surface area (Å²) in [5.74, 6) is 0.522. The number of halogens is 1. The second-order valence-electron chi connectivity index (χ2n) is 4.54. The molecule has 0 saturated heterocycles. The van der Waals surface area contributed by atoms with Crippen molar-refractivity contribution in [3.8, 4) is 5.75 Å². The number of aliphatic imine (C=N–C) groups is 1. The Morgan fingerprint density at radius 3 is 2.55 bits per heavy atom. The van der Waals surface area contributed by atoms with Crippen molar-refractivity contribution in [1.82, 2.24) is 0 Å². The minimum Gasteiger partial charge on any atom is -0.386 e. The highest BCUT2D eigenvalue weighted by Gasteiger charge is 2.18. The van der Waals surface area contributed by atoms with Crippen molar-refractivity contribution < 1.29 is 12.6 Å². The monoisotopic (exact) mass is 338 g/mol.